The fourth-order valence-corrected chi connectivity index (χ4v) is 1.01. The SMILES string of the molecule is CNC(=O)c1cc(C=O)cn1C. The summed E-state index contributed by atoms with van der Waals surface area (Å²) in [5, 5.41) is 2.48. The molecule has 1 aromatic heterocycles. The van der Waals surface area contributed by atoms with E-state index in [-0.39, 0.29) is 5.91 Å². The van der Waals surface area contributed by atoms with Crippen molar-refractivity contribution < 1.29 is 9.59 Å². The minimum atomic E-state index is -0.189. The number of rotatable bonds is 2. The highest BCUT2D eigenvalue weighted by atomic mass is 16.1. The lowest BCUT2D eigenvalue weighted by molar-refractivity contribution is 0.0955. The highest BCUT2D eigenvalue weighted by Crippen LogP contribution is 2.04. The van der Waals surface area contributed by atoms with Gasteiger partial charge in [-0.05, 0) is 6.07 Å². The topological polar surface area (TPSA) is 51.1 Å². The first-order chi connectivity index (χ1) is 5.69. The lowest BCUT2D eigenvalue weighted by Crippen LogP contribution is -2.20. The van der Waals surface area contributed by atoms with Crippen molar-refractivity contribution in [2.75, 3.05) is 7.05 Å². The number of nitrogens with zero attached hydrogens (tertiary/aromatic N) is 1. The van der Waals surface area contributed by atoms with Gasteiger partial charge in [0.2, 0.25) is 0 Å². The van der Waals surface area contributed by atoms with Crippen LogP contribution in [0.4, 0.5) is 0 Å². The number of nitrogens with one attached hydrogen (secondary N) is 1. The summed E-state index contributed by atoms with van der Waals surface area (Å²) in [6.07, 6.45) is 2.32. The molecule has 4 nitrogen and oxygen atoms in total. The maximum atomic E-state index is 11.1. The number of aromatic nitrogens is 1. The van der Waals surface area contributed by atoms with E-state index < -0.39 is 0 Å². The van der Waals surface area contributed by atoms with Gasteiger partial charge in [-0.1, -0.05) is 0 Å². The molecule has 0 atom stereocenters. The largest absolute Gasteiger partial charge is 0.354 e. The Morgan fingerprint density at radius 3 is 2.75 bits per heavy atom. The van der Waals surface area contributed by atoms with Gasteiger partial charge in [-0.15, -0.1) is 0 Å². The zero-order chi connectivity index (χ0) is 9.14. The molecule has 0 aliphatic rings. The first-order valence-corrected chi connectivity index (χ1v) is 3.52. The molecule has 0 bridgehead atoms. The van der Waals surface area contributed by atoms with E-state index in [1.807, 2.05) is 0 Å². The maximum absolute atomic E-state index is 11.1. The summed E-state index contributed by atoms with van der Waals surface area (Å²) in [7, 11) is 3.27. The maximum Gasteiger partial charge on any atom is 0.267 e. The van der Waals surface area contributed by atoms with E-state index in [4.69, 9.17) is 0 Å². The van der Waals surface area contributed by atoms with Crippen molar-refractivity contribution >= 4 is 12.2 Å². The molecule has 64 valence electrons. The minimum absolute atomic E-state index is 0.189. The Balaban J connectivity index is 3.07. The van der Waals surface area contributed by atoms with Gasteiger partial charge in [0.05, 0.1) is 0 Å². The van der Waals surface area contributed by atoms with Crippen molar-refractivity contribution in [3.05, 3.63) is 23.5 Å². The second-order valence-corrected chi connectivity index (χ2v) is 2.47. The molecule has 1 amide bonds. The van der Waals surface area contributed by atoms with Crippen molar-refractivity contribution in [3.63, 3.8) is 0 Å². The highest BCUT2D eigenvalue weighted by molar-refractivity contribution is 5.94. The summed E-state index contributed by atoms with van der Waals surface area (Å²) in [4.78, 5) is 21.5. The van der Waals surface area contributed by atoms with Crippen LogP contribution in [0.15, 0.2) is 12.3 Å². The summed E-state index contributed by atoms with van der Waals surface area (Å²) in [6, 6.07) is 1.55. The third-order valence-corrected chi connectivity index (χ3v) is 1.62. The molecule has 0 saturated carbocycles. The Labute approximate surface area is 70.2 Å². The molecule has 0 fully saturated rings. The van der Waals surface area contributed by atoms with E-state index >= 15 is 0 Å². The predicted molar refractivity (Wildman–Crippen MR) is 44.2 cm³/mol. The van der Waals surface area contributed by atoms with Gasteiger partial charge >= 0.3 is 0 Å². The number of hydrogen-bond donors (Lipinski definition) is 1. The van der Waals surface area contributed by atoms with Crippen LogP contribution in [0.5, 0.6) is 0 Å². The Hall–Kier alpha value is -1.58. The summed E-state index contributed by atoms with van der Waals surface area (Å²) in [6.45, 7) is 0. The summed E-state index contributed by atoms with van der Waals surface area (Å²) >= 11 is 0. The normalized spacial score (nSPS) is 9.50. The number of carbonyl (C=O) groups is 2. The second kappa shape index (κ2) is 3.21. The first-order valence-electron chi connectivity index (χ1n) is 3.52. The van der Waals surface area contributed by atoms with Gasteiger partial charge in [-0.3, -0.25) is 9.59 Å². The lowest BCUT2D eigenvalue weighted by Gasteiger charge is -1.99. The van der Waals surface area contributed by atoms with Crippen molar-refractivity contribution in [1.29, 1.82) is 0 Å². The van der Waals surface area contributed by atoms with Gasteiger partial charge in [0.15, 0.2) is 6.29 Å². The molecule has 0 saturated heterocycles. The van der Waals surface area contributed by atoms with Crippen LogP contribution in [0, 0.1) is 0 Å². The van der Waals surface area contributed by atoms with Crippen LogP contribution < -0.4 is 5.32 Å². The fourth-order valence-electron chi connectivity index (χ4n) is 1.01. The van der Waals surface area contributed by atoms with E-state index in [1.54, 1.807) is 30.9 Å². The van der Waals surface area contributed by atoms with E-state index in [9.17, 15) is 9.59 Å². The van der Waals surface area contributed by atoms with Crippen molar-refractivity contribution in [3.8, 4) is 0 Å². The number of aryl methyl sites for hydroxylation is 1. The zero-order valence-corrected chi connectivity index (χ0v) is 7.00. The fraction of sp³-hybridized carbons (Fsp3) is 0.250. The Bertz CT molecular complexity index is 315. The molecule has 0 unspecified atom stereocenters. The molecule has 4 heteroatoms. The van der Waals surface area contributed by atoms with E-state index in [0.717, 1.165) is 0 Å². The average Bonchev–Trinajstić information content (AvgIpc) is 2.45. The molecule has 1 rings (SSSR count). The molecule has 1 aromatic rings. The van der Waals surface area contributed by atoms with Gasteiger partial charge in [-0.25, -0.2) is 0 Å². The average molecular weight is 166 g/mol. The molecule has 0 aromatic carbocycles. The van der Waals surface area contributed by atoms with Crippen LogP contribution in [0.2, 0.25) is 0 Å². The molecular weight excluding hydrogens is 156 g/mol. The van der Waals surface area contributed by atoms with Gasteiger partial charge in [0.25, 0.3) is 5.91 Å². The zero-order valence-electron chi connectivity index (χ0n) is 7.00. The Morgan fingerprint density at radius 1 is 1.67 bits per heavy atom. The molecule has 1 heterocycles. The van der Waals surface area contributed by atoms with Crippen LogP contribution in [0.3, 0.4) is 0 Å². The van der Waals surface area contributed by atoms with Crippen LogP contribution in [0.1, 0.15) is 20.8 Å². The minimum Gasteiger partial charge on any atom is -0.354 e. The van der Waals surface area contributed by atoms with Crippen LogP contribution >= 0.6 is 0 Å². The molecule has 1 N–H and O–H groups in total. The van der Waals surface area contributed by atoms with Crippen molar-refractivity contribution in [1.82, 2.24) is 9.88 Å². The van der Waals surface area contributed by atoms with Gasteiger partial charge in [-0.2, -0.15) is 0 Å². The second-order valence-electron chi connectivity index (χ2n) is 2.47. The summed E-state index contributed by atoms with van der Waals surface area (Å²) in [5.74, 6) is -0.189. The quantitative estimate of drug-likeness (QED) is 0.638. The summed E-state index contributed by atoms with van der Waals surface area (Å²) in [5.41, 5.74) is 0.996. The smallest absolute Gasteiger partial charge is 0.267 e. The standard InChI is InChI=1S/C8H10N2O2/c1-9-8(12)7-3-6(5-11)4-10(7)2/h3-5H,1-2H3,(H,9,12). The molecule has 0 spiro atoms. The number of amides is 1. The Morgan fingerprint density at radius 2 is 2.33 bits per heavy atom. The number of hydrogen-bond acceptors (Lipinski definition) is 2. The van der Waals surface area contributed by atoms with Crippen molar-refractivity contribution in [2.45, 2.75) is 0 Å². The molecule has 0 aliphatic heterocycles. The highest BCUT2D eigenvalue weighted by Gasteiger charge is 2.08. The van der Waals surface area contributed by atoms with E-state index in [1.165, 1.54) is 0 Å². The molecule has 12 heavy (non-hydrogen) atoms. The van der Waals surface area contributed by atoms with Gasteiger partial charge < -0.3 is 9.88 Å². The number of carbonyl (C=O) groups excluding carboxylic acids is 2. The third-order valence-electron chi connectivity index (χ3n) is 1.62. The Kier molecular flexibility index (Phi) is 2.28. The van der Waals surface area contributed by atoms with Gasteiger partial charge in [0, 0.05) is 25.9 Å². The van der Waals surface area contributed by atoms with Crippen LogP contribution in [0.25, 0.3) is 0 Å². The van der Waals surface area contributed by atoms with E-state index in [0.29, 0.717) is 17.5 Å². The molecule has 0 radical (unpaired) electrons. The third kappa shape index (κ3) is 1.37. The van der Waals surface area contributed by atoms with Crippen LogP contribution in [-0.4, -0.2) is 23.8 Å². The van der Waals surface area contributed by atoms with Crippen molar-refractivity contribution in [2.24, 2.45) is 7.05 Å². The molecular formula is C8H10N2O2. The van der Waals surface area contributed by atoms with E-state index in [2.05, 4.69) is 5.32 Å². The van der Waals surface area contributed by atoms with Gasteiger partial charge in [0.1, 0.15) is 5.69 Å². The lowest BCUT2D eigenvalue weighted by atomic mass is 10.3. The predicted octanol–water partition coefficient (Wildman–Crippen LogP) is 0.197. The number of aldehydes is 1. The monoisotopic (exact) mass is 166 g/mol. The van der Waals surface area contributed by atoms with Crippen LogP contribution in [-0.2, 0) is 7.05 Å². The molecule has 0 aliphatic carbocycles. The first kappa shape index (κ1) is 8.52. The summed E-state index contributed by atoms with van der Waals surface area (Å²) < 4.78 is 1.61.